The largest absolute Gasteiger partial charge is 0.493 e. The van der Waals surface area contributed by atoms with Gasteiger partial charge in [0.2, 0.25) is 0 Å². The monoisotopic (exact) mass is 427 g/mol. The van der Waals surface area contributed by atoms with E-state index >= 15 is 0 Å². The average Bonchev–Trinajstić information content (AvgIpc) is 2.91. The molecule has 0 aliphatic carbocycles. The van der Waals surface area contributed by atoms with Gasteiger partial charge in [-0.3, -0.25) is 19.3 Å². The fourth-order valence-corrected chi connectivity index (χ4v) is 3.45. The van der Waals surface area contributed by atoms with E-state index in [0.717, 1.165) is 23.1 Å². The molecule has 0 aromatic heterocycles. The Morgan fingerprint density at radius 1 is 1.32 bits per heavy atom. The zero-order valence-corrected chi connectivity index (χ0v) is 17.7. The third kappa shape index (κ3) is 5.20. The molecule has 1 aliphatic heterocycles. The Kier molecular flexibility index (Phi) is 7.77. The smallest absolute Gasteiger partial charge is 0.326 e. The maximum absolute atomic E-state index is 12.5. The number of hydrogen-bond acceptors (Lipinski definition) is 7. The molecule has 28 heavy (non-hydrogen) atoms. The highest BCUT2D eigenvalue weighted by Crippen LogP contribution is 2.39. The summed E-state index contributed by atoms with van der Waals surface area (Å²) in [6.07, 6.45) is 2.28. The number of halogens is 1. The highest BCUT2D eigenvalue weighted by atomic mass is 35.5. The van der Waals surface area contributed by atoms with Gasteiger partial charge >= 0.3 is 5.97 Å². The molecule has 0 saturated carbocycles. The van der Waals surface area contributed by atoms with Crippen molar-refractivity contribution < 1.29 is 28.6 Å². The van der Waals surface area contributed by atoms with Crippen LogP contribution in [-0.4, -0.2) is 48.4 Å². The molecular formula is C19H22ClNO6S. The molecular weight excluding hydrogens is 406 g/mol. The van der Waals surface area contributed by atoms with Crippen LogP contribution in [0.4, 0.5) is 4.79 Å². The van der Waals surface area contributed by atoms with Gasteiger partial charge in [0.25, 0.3) is 11.1 Å². The van der Waals surface area contributed by atoms with Crippen LogP contribution >= 0.6 is 23.4 Å². The summed E-state index contributed by atoms with van der Waals surface area (Å²) in [5, 5.41) is -0.198. The van der Waals surface area contributed by atoms with Crippen molar-refractivity contribution in [3.63, 3.8) is 0 Å². The van der Waals surface area contributed by atoms with E-state index < -0.39 is 23.7 Å². The maximum Gasteiger partial charge on any atom is 0.326 e. The molecule has 0 N–H and O–H groups in total. The summed E-state index contributed by atoms with van der Waals surface area (Å²) in [7, 11) is 1.49. The van der Waals surface area contributed by atoms with E-state index in [1.807, 2.05) is 13.8 Å². The molecule has 0 radical (unpaired) electrons. The van der Waals surface area contributed by atoms with E-state index in [-0.39, 0.29) is 17.6 Å². The van der Waals surface area contributed by atoms with Gasteiger partial charge in [0.15, 0.2) is 11.5 Å². The van der Waals surface area contributed by atoms with Gasteiger partial charge in [-0.2, -0.15) is 0 Å². The van der Waals surface area contributed by atoms with Crippen molar-refractivity contribution in [3.8, 4) is 11.5 Å². The minimum atomic E-state index is -0.637. The minimum absolute atomic E-state index is 0.0448. The number of thioether (sulfide) groups is 1. The molecule has 7 nitrogen and oxygen atoms in total. The maximum atomic E-state index is 12.5. The number of methoxy groups -OCH3 is 1. The number of carbonyl (C=O) groups is 3. The zero-order valence-electron chi connectivity index (χ0n) is 16.1. The minimum Gasteiger partial charge on any atom is -0.493 e. The van der Waals surface area contributed by atoms with E-state index in [4.69, 9.17) is 25.8 Å². The summed E-state index contributed by atoms with van der Waals surface area (Å²) >= 11 is 7.08. The van der Waals surface area contributed by atoms with Crippen molar-refractivity contribution >= 4 is 46.6 Å². The predicted molar refractivity (Wildman–Crippen MR) is 108 cm³/mol. The molecule has 0 bridgehead atoms. The van der Waals surface area contributed by atoms with Crippen LogP contribution in [0, 0.1) is 0 Å². The highest BCUT2D eigenvalue weighted by Gasteiger charge is 2.36. The second-order valence-corrected chi connectivity index (χ2v) is 7.34. The number of imide groups is 1. The number of rotatable bonds is 8. The van der Waals surface area contributed by atoms with Crippen LogP contribution in [-0.2, 0) is 14.3 Å². The van der Waals surface area contributed by atoms with Gasteiger partial charge in [0, 0.05) is 0 Å². The fourth-order valence-electron chi connectivity index (χ4n) is 2.35. The van der Waals surface area contributed by atoms with Crippen molar-refractivity contribution in [1.29, 1.82) is 0 Å². The second kappa shape index (κ2) is 9.84. The van der Waals surface area contributed by atoms with E-state index in [1.54, 1.807) is 19.1 Å². The number of esters is 1. The Bertz CT molecular complexity index is 810. The molecule has 2 rings (SSSR count). The highest BCUT2D eigenvalue weighted by molar-refractivity contribution is 8.18. The van der Waals surface area contributed by atoms with E-state index in [2.05, 4.69) is 0 Å². The quantitative estimate of drug-likeness (QED) is 0.455. The zero-order chi connectivity index (χ0) is 20.8. The lowest BCUT2D eigenvalue weighted by Gasteiger charge is -2.17. The van der Waals surface area contributed by atoms with E-state index in [0.29, 0.717) is 22.1 Å². The summed E-state index contributed by atoms with van der Waals surface area (Å²) < 4.78 is 15.9. The van der Waals surface area contributed by atoms with Crippen molar-refractivity contribution in [3.05, 3.63) is 27.6 Å². The Morgan fingerprint density at radius 3 is 2.64 bits per heavy atom. The molecule has 1 heterocycles. The van der Waals surface area contributed by atoms with Crippen molar-refractivity contribution in [2.75, 3.05) is 20.3 Å². The third-order valence-electron chi connectivity index (χ3n) is 3.91. The Hall–Kier alpha value is -2.19. The fraction of sp³-hybridized carbons (Fsp3) is 0.421. The van der Waals surface area contributed by atoms with Crippen LogP contribution in [0.25, 0.3) is 6.08 Å². The third-order valence-corrected chi connectivity index (χ3v) is 5.10. The van der Waals surface area contributed by atoms with Crippen molar-refractivity contribution in [2.45, 2.75) is 33.3 Å². The molecule has 1 aromatic carbocycles. The lowest BCUT2D eigenvalue weighted by molar-refractivity contribution is -0.145. The predicted octanol–water partition coefficient (Wildman–Crippen LogP) is 4.13. The van der Waals surface area contributed by atoms with Gasteiger partial charge in [-0.05, 0) is 55.8 Å². The van der Waals surface area contributed by atoms with Crippen LogP contribution in [0.3, 0.4) is 0 Å². The first-order chi connectivity index (χ1) is 13.3. The molecule has 1 unspecified atom stereocenters. The van der Waals surface area contributed by atoms with Crippen molar-refractivity contribution in [1.82, 2.24) is 4.90 Å². The number of ether oxygens (including phenoxy) is 3. The molecule has 9 heteroatoms. The second-order valence-electron chi connectivity index (χ2n) is 5.94. The lowest BCUT2D eigenvalue weighted by Crippen LogP contribution is -2.34. The van der Waals surface area contributed by atoms with Gasteiger partial charge in [0.1, 0.15) is 6.54 Å². The van der Waals surface area contributed by atoms with Gasteiger partial charge in [-0.25, -0.2) is 0 Å². The Morgan fingerprint density at radius 2 is 2.04 bits per heavy atom. The number of benzene rings is 1. The molecule has 1 saturated heterocycles. The van der Waals surface area contributed by atoms with Gasteiger partial charge in [0.05, 0.1) is 29.7 Å². The van der Waals surface area contributed by atoms with E-state index in [1.165, 1.54) is 13.2 Å². The summed E-state index contributed by atoms with van der Waals surface area (Å²) in [4.78, 5) is 37.2. The first-order valence-corrected chi connectivity index (χ1v) is 9.95. The van der Waals surface area contributed by atoms with Crippen LogP contribution in [0.5, 0.6) is 11.5 Å². The van der Waals surface area contributed by atoms with Crippen LogP contribution in [0.2, 0.25) is 5.02 Å². The Labute approximate surface area is 172 Å². The van der Waals surface area contributed by atoms with Crippen molar-refractivity contribution in [2.24, 2.45) is 0 Å². The summed E-state index contributed by atoms with van der Waals surface area (Å²) in [6, 6.07) is 3.30. The molecule has 1 aromatic rings. The molecule has 0 spiro atoms. The molecule has 2 amide bonds. The van der Waals surface area contributed by atoms with Gasteiger partial charge in [-0.1, -0.05) is 18.5 Å². The number of amides is 2. The van der Waals surface area contributed by atoms with Crippen LogP contribution in [0.15, 0.2) is 17.0 Å². The molecule has 1 aliphatic rings. The first kappa shape index (κ1) is 22.1. The van der Waals surface area contributed by atoms with Crippen LogP contribution < -0.4 is 9.47 Å². The van der Waals surface area contributed by atoms with Crippen LogP contribution in [0.1, 0.15) is 32.8 Å². The number of carbonyl (C=O) groups excluding carboxylic acids is 3. The lowest BCUT2D eigenvalue weighted by atomic mass is 10.1. The number of nitrogens with zero attached hydrogens (tertiary/aromatic N) is 1. The van der Waals surface area contributed by atoms with Gasteiger partial charge in [-0.15, -0.1) is 0 Å². The Balaban J connectivity index is 2.27. The number of hydrogen-bond donors (Lipinski definition) is 0. The molecule has 1 fully saturated rings. The summed E-state index contributed by atoms with van der Waals surface area (Å²) in [6.45, 7) is 5.32. The van der Waals surface area contributed by atoms with Gasteiger partial charge < -0.3 is 14.2 Å². The summed E-state index contributed by atoms with van der Waals surface area (Å²) in [5.74, 6) is -0.351. The van der Waals surface area contributed by atoms with E-state index in [9.17, 15) is 14.4 Å². The first-order valence-electron chi connectivity index (χ1n) is 8.75. The normalized spacial score (nSPS) is 16.5. The summed E-state index contributed by atoms with van der Waals surface area (Å²) in [5.41, 5.74) is 0.569. The molecule has 152 valence electrons. The average molecular weight is 428 g/mol. The standard InChI is InChI=1S/C19H22ClNO6S/c1-5-11(3)27-17-13(20)7-12(8-14(17)25-4)9-15-18(23)21(19(24)28-15)10-16(22)26-6-2/h7-9,11H,5-6,10H2,1-4H3/b15-9-. The SMILES string of the molecule is CCOC(=O)CN1C(=O)S/C(=C\c2cc(Cl)c(OC(C)CC)c(OC)c2)C1=O. The topological polar surface area (TPSA) is 82.1 Å². The molecule has 1 atom stereocenters.